The van der Waals surface area contributed by atoms with Crippen molar-refractivity contribution in [3.05, 3.63) is 0 Å². The number of carbonyl (C=O) groups excluding carboxylic acids is 1. The predicted molar refractivity (Wildman–Crippen MR) is 131 cm³/mol. The lowest BCUT2D eigenvalue weighted by molar-refractivity contribution is -0.122. The predicted octanol–water partition coefficient (Wildman–Crippen LogP) is 7.09. The van der Waals surface area contributed by atoms with Gasteiger partial charge in [0.2, 0.25) is 5.91 Å². The molecule has 0 fully saturated rings. The van der Waals surface area contributed by atoms with E-state index in [0.717, 1.165) is 25.7 Å². The van der Waals surface area contributed by atoms with Crippen molar-refractivity contribution in [3.8, 4) is 0 Å². The number of unbranched alkanes of at least 4 members (excludes halogenated alkanes) is 2. The Balaban J connectivity index is 3.95. The number of hydrogen-bond donors (Lipinski definition) is 1. The second-order valence-corrected chi connectivity index (χ2v) is 13.6. The average molecular weight is 430 g/mol. The minimum Gasteiger partial charge on any atom is -0.375 e. The van der Waals surface area contributed by atoms with Gasteiger partial charge in [-0.05, 0) is 61.9 Å². The summed E-state index contributed by atoms with van der Waals surface area (Å²) in [5.74, 6) is 2.58. The molecule has 1 amide bonds. The summed E-state index contributed by atoms with van der Waals surface area (Å²) in [4.78, 5) is 12.2. The Kier molecular flexibility index (Phi) is 12.5. The highest BCUT2D eigenvalue weighted by Gasteiger charge is 2.27. The van der Waals surface area contributed by atoms with E-state index in [0.29, 0.717) is 30.4 Å². The maximum Gasteiger partial charge on any atom is 0.220 e. The highest BCUT2D eigenvalue weighted by atomic mass is 32.2. The van der Waals surface area contributed by atoms with E-state index in [1.54, 1.807) is 0 Å². The standard InChI is InChI=1S/C25H51NO2S/c1-22(2,3)15-16-25(9,10)28-19-24(7,8)18-26-21(27)14-12-11-13-17-29-20-23(4,5)6/h11-20H2,1-10H3,(H,26,27). The molecule has 0 aromatic heterocycles. The van der Waals surface area contributed by atoms with Crippen LogP contribution in [0.25, 0.3) is 0 Å². The van der Waals surface area contributed by atoms with Crippen molar-refractivity contribution in [3.63, 3.8) is 0 Å². The van der Waals surface area contributed by atoms with Crippen LogP contribution in [0, 0.1) is 16.2 Å². The summed E-state index contributed by atoms with van der Waals surface area (Å²) in [7, 11) is 0. The fraction of sp³-hybridized carbons (Fsp3) is 0.960. The van der Waals surface area contributed by atoms with Crippen LogP contribution in [-0.4, -0.2) is 36.2 Å². The molecule has 0 aliphatic carbocycles. The first-order valence-electron chi connectivity index (χ1n) is 11.5. The monoisotopic (exact) mass is 429 g/mol. The van der Waals surface area contributed by atoms with Crippen molar-refractivity contribution < 1.29 is 9.53 Å². The molecule has 0 saturated carbocycles. The molecule has 0 aliphatic rings. The Labute approximate surface area is 186 Å². The summed E-state index contributed by atoms with van der Waals surface area (Å²) in [6.45, 7) is 23.7. The third-order valence-corrected chi connectivity index (χ3v) is 6.47. The van der Waals surface area contributed by atoms with E-state index in [2.05, 4.69) is 74.6 Å². The Hall–Kier alpha value is -0.220. The summed E-state index contributed by atoms with van der Waals surface area (Å²) >= 11 is 2.03. The van der Waals surface area contributed by atoms with Gasteiger partial charge in [0.05, 0.1) is 12.2 Å². The number of thioether (sulfide) groups is 1. The molecule has 174 valence electrons. The van der Waals surface area contributed by atoms with E-state index in [9.17, 15) is 4.79 Å². The van der Waals surface area contributed by atoms with E-state index in [1.807, 2.05) is 11.8 Å². The van der Waals surface area contributed by atoms with Crippen molar-refractivity contribution >= 4 is 17.7 Å². The van der Waals surface area contributed by atoms with Crippen LogP contribution in [-0.2, 0) is 9.53 Å². The minimum absolute atomic E-state index is 0.0573. The first kappa shape index (κ1) is 28.8. The fourth-order valence-electron chi connectivity index (χ4n) is 2.66. The van der Waals surface area contributed by atoms with Crippen LogP contribution in [0.4, 0.5) is 0 Å². The zero-order valence-corrected chi connectivity index (χ0v) is 22.1. The van der Waals surface area contributed by atoms with E-state index in [4.69, 9.17) is 4.74 Å². The van der Waals surface area contributed by atoms with Crippen LogP contribution in [0.15, 0.2) is 0 Å². The molecular weight excluding hydrogens is 378 g/mol. The molecular formula is C25H51NO2S. The molecule has 4 heteroatoms. The van der Waals surface area contributed by atoms with E-state index in [1.165, 1.54) is 17.9 Å². The van der Waals surface area contributed by atoms with E-state index < -0.39 is 0 Å². The quantitative estimate of drug-likeness (QED) is 0.299. The van der Waals surface area contributed by atoms with Crippen LogP contribution >= 0.6 is 11.8 Å². The molecule has 0 spiro atoms. The number of nitrogens with one attached hydrogen (secondary N) is 1. The van der Waals surface area contributed by atoms with Crippen molar-refractivity contribution in [1.82, 2.24) is 5.32 Å². The number of rotatable bonds is 14. The molecule has 0 bridgehead atoms. The molecule has 0 atom stereocenters. The SMILES string of the molecule is CC(C)(C)CCC(C)(C)OCC(C)(C)CNC(=O)CCCCCSCC(C)(C)C. The lowest BCUT2D eigenvalue weighted by Crippen LogP contribution is -2.39. The van der Waals surface area contributed by atoms with Gasteiger partial charge in [-0.1, -0.05) is 61.8 Å². The molecule has 3 nitrogen and oxygen atoms in total. The maximum absolute atomic E-state index is 12.2. The van der Waals surface area contributed by atoms with E-state index in [-0.39, 0.29) is 16.9 Å². The van der Waals surface area contributed by atoms with Gasteiger partial charge >= 0.3 is 0 Å². The Bertz CT molecular complexity index is 458. The molecule has 1 N–H and O–H groups in total. The lowest BCUT2D eigenvalue weighted by atomic mass is 9.86. The number of carbonyl (C=O) groups is 1. The first-order chi connectivity index (χ1) is 13.0. The van der Waals surface area contributed by atoms with Crippen LogP contribution in [0.1, 0.15) is 108 Å². The maximum atomic E-state index is 12.2. The van der Waals surface area contributed by atoms with E-state index >= 15 is 0 Å². The normalized spacial score (nSPS) is 13.6. The highest BCUT2D eigenvalue weighted by Crippen LogP contribution is 2.29. The third kappa shape index (κ3) is 19.5. The van der Waals surface area contributed by atoms with Crippen LogP contribution < -0.4 is 5.32 Å². The Morgan fingerprint density at radius 2 is 1.45 bits per heavy atom. The zero-order chi connectivity index (χ0) is 22.8. The van der Waals surface area contributed by atoms with Gasteiger partial charge in [0.1, 0.15) is 0 Å². The molecule has 0 radical (unpaired) electrons. The van der Waals surface area contributed by atoms with Gasteiger partial charge in [0.15, 0.2) is 0 Å². The van der Waals surface area contributed by atoms with Crippen molar-refractivity contribution in [2.45, 2.75) is 113 Å². The smallest absolute Gasteiger partial charge is 0.220 e. The lowest BCUT2D eigenvalue weighted by Gasteiger charge is -2.33. The van der Waals surface area contributed by atoms with Gasteiger partial charge in [0, 0.05) is 18.4 Å². The largest absolute Gasteiger partial charge is 0.375 e. The van der Waals surface area contributed by atoms with Gasteiger partial charge in [-0.2, -0.15) is 11.8 Å². The minimum atomic E-state index is -0.125. The molecule has 0 heterocycles. The molecule has 0 aromatic rings. The van der Waals surface area contributed by atoms with Crippen LogP contribution in [0.2, 0.25) is 0 Å². The number of ether oxygens (including phenoxy) is 1. The molecule has 0 aromatic carbocycles. The van der Waals surface area contributed by atoms with Gasteiger partial charge in [0.25, 0.3) is 0 Å². The third-order valence-electron chi connectivity index (χ3n) is 4.82. The number of amides is 1. The molecule has 0 unspecified atom stereocenters. The topological polar surface area (TPSA) is 38.3 Å². The van der Waals surface area contributed by atoms with Crippen LogP contribution in [0.5, 0.6) is 0 Å². The highest BCUT2D eigenvalue weighted by molar-refractivity contribution is 7.99. The second-order valence-electron chi connectivity index (χ2n) is 12.5. The van der Waals surface area contributed by atoms with Crippen molar-refractivity contribution in [1.29, 1.82) is 0 Å². The first-order valence-corrected chi connectivity index (χ1v) is 12.7. The Morgan fingerprint density at radius 1 is 0.828 bits per heavy atom. The number of hydrogen-bond acceptors (Lipinski definition) is 3. The molecule has 0 rings (SSSR count). The summed E-state index contributed by atoms with van der Waals surface area (Å²) in [6, 6.07) is 0. The van der Waals surface area contributed by atoms with Crippen molar-refractivity contribution in [2.24, 2.45) is 16.2 Å². The van der Waals surface area contributed by atoms with Crippen molar-refractivity contribution in [2.75, 3.05) is 24.7 Å². The van der Waals surface area contributed by atoms with Gasteiger partial charge in [-0.25, -0.2) is 0 Å². The summed E-state index contributed by atoms with van der Waals surface area (Å²) in [6.07, 6.45) is 6.16. The zero-order valence-electron chi connectivity index (χ0n) is 21.3. The molecule has 0 aliphatic heterocycles. The van der Waals surface area contributed by atoms with Crippen LogP contribution in [0.3, 0.4) is 0 Å². The summed E-state index contributed by atoms with van der Waals surface area (Å²) < 4.78 is 6.23. The van der Waals surface area contributed by atoms with Gasteiger partial charge in [-0.3, -0.25) is 4.79 Å². The summed E-state index contributed by atoms with van der Waals surface area (Å²) in [5, 5.41) is 3.11. The second kappa shape index (κ2) is 12.6. The average Bonchev–Trinajstić information content (AvgIpc) is 2.55. The summed E-state index contributed by atoms with van der Waals surface area (Å²) in [5.41, 5.74) is 0.552. The van der Waals surface area contributed by atoms with Gasteiger partial charge in [-0.15, -0.1) is 0 Å². The van der Waals surface area contributed by atoms with Gasteiger partial charge < -0.3 is 10.1 Å². The molecule has 0 saturated heterocycles. The fourth-order valence-corrected chi connectivity index (χ4v) is 3.83. The Morgan fingerprint density at radius 3 is 2.00 bits per heavy atom. The molecule has 29 heavy (non-hydrogen) atoms.